The van der Waals surface area contributed by atoms with Crippen LogP contribution in [0.3, 0.4) is 0 Å². The van der Waals surface area contributed by atoms with Gasteiger partial charge in [-0.25, -0.2) is 13.6 Å². The maximum absolute atomic E-state index is 15.2. The Morgan fingerprint density at radius 1 is 1.18 bits per heavy atom. The Hall–Kier alpha value is -3.11. The third-order valence-electron chi connectivity index (χ3n) is 5.99. The topological polar surface area (TPSA) is 92.9 Å². The highest BCUT2D eigenvalue weighted by Gasteiger charge is 2.26. The lowest BCUT2D eigenvalue weighted by atomic mass is 9.97. The van der Waals surface area contributed by atoms with Crippen molar-refractivity contribution in [3.05, 3.63) is 72.0 Å². The Labute approximate surface area is 198 Å². The van der Waals surface area contributed by atoms with Gasteiger partial charge in [-0.05, 0) is 25.8 Å². The molecule has 1 aromatic carbocycles. The second-order valence-corrected chi connectivity index (χ2v) is 9.99. The van der Waals surface area contributed by atoms with Gasteiger partial charge in [0, 0.05) is 58.9 Å². The Bertz CT molecular complexity index is 1510. The first-order valence-electron chi connectivity index (χ1n) is 10.9. The SMILES string of the molecule is Cc1n[nH]c(C)c1Cc1sc2c(c1-c1cc(CO)c(F)cc1F)c(=O)n(C)c(=O)n2CC(C)C. The lowest BCUT2D eigenvalue weighted by Crippen LogP contribution is -2.38. The van der Waals surface area contributed by atoms with Crippen molar-refractivity contribution in [2.24, 2.45) is 13.0 Å². The first kappa shape index (κ1) is 24.0. The molecule has 0 saturated carbocycles. The summed E-state index contributed by atoms with van der Waals surface area (Å²) in [5.74, 6) is -1.59. The standard InChI is InChI=1S/C24H26F2N4O3S/c1-11(2)9-30-23-21(22(32)29(5)24(30)33)20(16-6-14(10-31)17(25)8-18(16)26)19(34-23)7-15-12(3)27-28-13(15)4/h6,8,11,31H,7,9-10H2,1-5H3,(H,27,28). The van der Waals surface area contributed by atoms with E-state index in [1.807, 2.05) is 27.7 Å². The van der Waals surface area contributed by atoms with E-state index in [0.29, 0.717) is 28.2 Å². The summed E-state index contributed by atoms with van der Waals surface area (Å²) in [6, 6.07) is 1.96. The number of halogens is 2. The molecule has 0 amide bonds. The molecule has 0 aliphatic carbocycles. The number of nitrogens with zero attached hydrogens (tertiary/aromatic N) is 3. The van der Waals surface area contributed by atoms with Crippen LogP contribution in [0.1, 0.15) is 41.2 Å². The average Bonchev–Trinajstić information content (AvgIpc) is 3.30. The molecule has 0 saturated heterocycles. The maximum Gasteiger partial charge on any atom is 0.331 e. The van der Waals surface area contributed by atoms with Gasteiger partial charge in [0.15, 0.2) is 0 Å². The summed E-state index contributed by atoms with van der Waals surface area (Å²) >= 11 is 1.25. The molecule has 3 heterocycles. The van der Waals surface area contributed by atoms with Crippen LogP contribution in [0.5, 0.6) is 0 Å². The fraction of sp³-hybridized carbons (Fsp3) is 0.375. The highest BCUT2D eigenvalue weighted by Crippen LogP contribution is 2.40. The summed E-state index contributed by atoms with van der Waals surface area (Å²) in [6.45, 7) is 7.40. The number of benzene rings is 1. The number of fused-ring (bicyclic) bond motifs is 1. The normalized spacial score (nSPS) is 11.8. The van der Waals surface area contributed by atoms with Crippen LogP contribution in [-0.2, 0) is 26.6 Å². The Morgan fingerprint density at radius 2 is 1.88 bits per heavy atom. The molecule has 0 unspecified atom stereocenters. The van der Waals surface area contributed by atoms with Gasteiger partial charge in [0.05, 0.1) is 17.7 Å². The van der Waals surface area contributed by atoms with Crippen molar-refractivity contribution in [1.29, 1.82) is 0 Å². The minimum atomic E-state index is -0.865. The van der Waals surface area contributed by atoms with E-state index in [-0.39, 0.29) is 22.4 Å². The summed E-state index contributed by atoms with van der Waals surface area (Å²) in [6.07, 6.45) is 0.340. The fourth-order valence-corrected chi connectivity index (χ4v) is 5.53. The van der Waals surface area contributed by atoms with Crippen LogP contribution in [0, 0.1) is 31.4 Å². The highest BCUT2D eigenvalue weighted by atomic mass is 32.1. The quantitative estimate of drug-likeness (QED) is 0.432. The number of aromatic nitrogens is 4. The summed E-state index contributed by atoms with van der Waals surface area (Å²) in [5.41, 5.74) is 1.75. The largest absolute Gasteiger partial charge is 0.392 e. The van der Waals surface area contributed by atoms with E-state index in [1.54, 1.807) is 4.57 Å². The maximum atomic E-state index is 15.2. The molecular formula is C24H26F2N4O3S. The minimum Gasteiger partial charge on any atom is -0.392 e. The van der Waals surface area contributed by atoms with Crippen LogP contribution in [0.15, 0.2) is 21.7 Å². The molecule has 0 aliphatic heterocycles. The molecule has 3 aromatic heterocycles. The average molecular weight is 489 g/mol. The van der Waals surface area contributed by atoms with Crippen molar-refractivity contribution in [2.75, 3.05) is 0 Å². The van der Waals surface area contributed by atoms with Gasteiger partial charge in [-0.2, -0.15) is 5.10 Å². The van der Waals surface area contributed by atoms with Crippen molar-refractivity contribution >= 4 is 21.6 Å². The van der Waals surface area contributed by atoms with E-state index in [9.17, 15) is 19.1 Å². The van der Waals surface area contributed by atoms with Gasteiger partial charge in [0.1, 0.15) is 16.5 Å². The molecule has 0 bridgehead atoms. The number of aliphatic hydroxyl groups excluding tert-OH is 1. The molecule has 0 aliphatic rings. The van der Waals surface area contributed by atoms with Crippen molar-refractivity contribution in [3.8, 4) is 11.1 Å². The van der Waals surface area contributed by atoms with E-state index in [0.717, 1.165) is 27.6 Å². The lowest BCUT2D eigenvalue weighted by molar-refractivity contribution is 0.275. The number of aliphatic hydroxyl groups is 1. The summed E-state index contributed by atoms with van der Waals surface area (Å²) in [4.78, 5) is 27.4. The van der Waals surface area contributed by atoms with Crippen LogP contribution in [-0.4, -0.2) is 24.4 Å². The van der Waals surface area contributed by atoms with Crippen LogP contribution in [0.2, 0.25) is 0 Å². The van der Waals surface area contributed by atoms with Gasteiger partial charge in [-0.15, -0.1) is 11.3 Å². The predicted molar refractivity (Wildman–Crippen MR) is 128 cm³/mol. The third kappa shape index (κ3) is 3.90. The minimum absolute atomic E-state index is 0.0114. The van der Waals surface area contributed by atoms with E-state index in [2.05, 4.69) is 10.2 Å². The third-order valence-corrected chi connectivity index (χ3v) is 7.20. The number of aryl methyl sites for hydroxylation is 2. The van der Waals surface area contributed by atoms with E-state index >= 15 is 4.39 Å². The second kappa shape index (κ2) is 8.92. The fourth-order valence-electron chi connectivity index (χ4n) is 4.21. The Morgan fingerprint density at radius 3 is 2.47 bits per heavy atom. The van der Waals surface area contributed by atoms with Crippen LogP contribution < -0.4 is 11.2 Å². The number of thiophene rings is 1. The van der Waals surface area contributed by atoms with E-state index < -0.39 is 29.5 Å². The molecular weight excluding hydrogens is 462 g/mol. The molecule has 2 N–H and O–H groups in total. The summed E-state index contributed by atoms with van der Waals surface area (Å²) in [7, 11) is 1.40. The van der Waals surface area contributed by atoms with Crippen LogP contribution in [0.4, 0.5) is 8.78 Å². The van der Waals surface area contributed by atoms with Gasteiger partial charge < -0.3 is 5.11 Å². The van der Waals surface area contributed by atoms with Gasteiger partial charge >= 0.3 is 5.69 Å². The molecule has 180 valence electrons. The van der Waals surface area contributed by atoms with Crippen LogP contribution in [0.25, 0.3) is 21.3 Å². The van der Waals surface area contributed by atoms with E-state index in [1.165, 1.54) is 24.5 Å². The van der Waals surface area contributed by atoms with Crippen molar-refractivity contribution in [2.45, 2.75) is 47.3 Å². The smallest absolute Gasteiger partial charge is 0.331 e. The first-order chi connectivity index (χ1) is 16.0. The summed E-state index contributed by atoms with van der Waals surface area (Å²) < 4.78 is 31.9. The molecule has 0 fully saturated rings. The Kier molecular flexibility index (Phi) is 6.30. The monoisotopic (exact) mass is 488 g/mol. The molecule has 0 atom stereocenters. The molecule has 34 heavy (non-hydrogen) atoms. The number of hydrogen-bond donors (Lipinski definition) is 2. The second-order valence-electron chi connectivity index (χ2n) is 8.90. The lowest BCUT2D eigenvalue weighted by Gasteiger charge is -2.12. The molecule has 10 heteroatoms. The van der Waals surface area contributed by atoms with Crippen molar-refractivity contribution in [3.63, 3.8) is 0 Å². The molecule has 4 aromatic rings. The number of hydrogen-bond acceptors (Lipinski definition) is 5. The molecule has 0 spiro atoms. The van der Waals surface area contributed by atoms with Gasteiger partial charge in [-0.1, -0.05) is 13.8 Å². The highest BCUT2D eigenvalue weighted by molar-refractivity contribution is 7.19. The van der Waals surface area contributed by atoms with Gasteiger partial charge in [0.2, 0.25) is 0 Å². The predicted octanol–water partition coefficient (Wildman–Crippen LogP) is 3.79. The molecule has 7 nitrogen and oxygen atoms in total. The van der Waals surface area contributed by atoms with Crippen molar-refractivity contribution in [1.82, 2.24) is 19.3 Å². The summed E-state index contributed by atoms with van der Waals surface area (Å²) in [5, 5.41) is 17.0. The number of aromatic amines is 1. The van der Waals surface area contributed by atoms with Gasteiger partial charge in [0.25, 0.3) is 5.56 Å². The Balaban J connectivity index is 2.15. The first-order valence-corrected chi connectivity index (χ1v) is 11.7. The zero-order chi connectivity index (χ0) is 24.9. The van der Waals surface area contributed by atoms with E-state index in [4.69, 9.17) is 0 Å². The van der Waals surface area contributed by atoms with Crippen LogP contribution >= 0.6 is 11.3 Å². The number of nitrogens with one attached hydrogen (secondary N) is 1. The van der Waals surface area contributed by atoms with Crippen molar-refractivity contribution < 1.29 is 13.9 Å². The van der Waals surface area contributed by atoms with Gasteiger partial charge in [-0.3, -0.25) is 19.0 Å². The molecule has 4 rings (SSSR count). The zero-order valence-electron chi connectivity index (χ0n) is 19.6. The molecule has 0 radical (unpaired) electrons. The number of H-pyrrole nitrogens is 1. The number of rotatable bonds is 6. The zero-order valence-corrected chi connectivity index (χ0v) is 20.4.